The molecule has 0 spiro atoms. The van der Waals surface area contributed by atoms with E-state index < -0.39 is 0 Å². The van der Waals surface area contributed by atoms with Crippen LogP contribution in [0, 0.1) is 0 Å². The summed E-state index contributed by atoms with van der Waals surface area (Å²) in [5.74, 6) is 0.674. The van der Waals surface area contributed by atoms with Gasteiger partial charge in [-0.2, -0.15) is 4.98 Å². The molecular formula is C14H8Cl3N3O. The molecule has 2 N–H and O–H groups in total. The number of hydrogen-bond donors (Lipinski definition) is 1. The van der Waals surface area contributed by atoms with Gasteiger partial charge in [-0.05, 0) is 24.3 Å². The first-order chi connectivity index (χ1) is 10.1. The van der Waals surface area contributed by atoms with Crippen molar-refractivity contribution in [3.63, 3.8) is 0 Å². The second-order valence-corrected chi connectivity index (χ2v) is 5.48. The molecule has 0 saturated heterocycles. The van der Waals surface area contributed by atoms with Crippen LogP contribution in [-0.4, -0.2) is 10.1 Å². The van der Waals surface area contributed by atoms with E-state index >= 15 is 0 Å². The SMILES string of the molecule is Nc1c(Cl)cc(-c2nc(-c3ccccc3Cl)no2)cc1Cl. The highest BCUT2D eigenvalue weighted by Crippen LogP contribution is 2.34. The Kier molecular flexibility index (Phi) is 3.76. The Hall–Kier alpha value is -1.75. The number of nitrogen functional groups attached to an aromatic ring is 1. The lowest BCUT2D eigenvalue weighted by Crippen LogP contribution is -1.89. The van der Waals surface area contributed by atoms with E-state index in [2.05, 4.69) is 10.1 Å². The van der Waals surface area contributed by atoms with Gasteiger partial charge in [0.15, 0.2) is 0 Å². The van der Waals surface area contributed by atoms with Crippen molar-refractivity contribution in [1.29, 1.82) is 0 Å². The zero-order chi connectivity index (χ0) is 15.0. The average Bonchev–Trinajstić information content (AvgIpc) is 2.94. The molecule has 1 aromatic heterocycles. The summed E-state index contributed by atoms with van der Waals surface area (Å²) in [6.45, 7) is 0. The van der Waals surface area contributed by atoms with Gasteiger partial charge in [0, 0.05) is 11.1 Å². The molecule has 0 aliphatic heterocycles. The van der Waals surface area contributed by atoms with Crippen molar-refractivity contribution in [1.82, 2.24) is 10.1 Å². The van der Waals surface area contributed by atoms with Gasteiger partial charge in [0.2, 0.25) is 5.82 Å². The lowest BCUT2D eigenvalue weighted by Gasteiger charge is -2.02. The molecule has 106 valence electrons. The van der Waals surface area contributed by atoms with Gasteiger partial charge in [0.25, 0.3) is 5.89 Å². The first-order valence-corrected chi connectivity index (χ1v) is 7.03. The molecule has 7 heteroatoms. The molecule has 0 saturated carbocycles. The van der Waals surface area contributed by atoms with Gasteiger partial charge in [-0.25, -0.2) is 0 Å². The Morgan fingerprint density at radius 2 is 1.62 bits per heavy atom. The van der Waals surface area contributed by atoms with Crippen LogP contribution in [0.2, 0.25) is 15.1 Å². The van der Waals surface area contributed by atoms with Crippen LogP contribution in [-0.2, 0) is 0 Å². The van der Waals surface area contributed by atoms with Crippen molar-refractivity contribution in [3.8, 4) is 22.8 Å². The van der Waals surface area contributed by atoms with Crippen LogP contribution in [0.1, 0.15) is 0 Å². The van der Waals surface area contributed by atoms with E-state index in [1.54, 1.807) is 24.3 Å². The minimum Gasteiger partial charge on any atom is -0.396 e. The fourth-order valence-electron chi connectivity index (χ4n) is 1.80. The largest absolute Gasteiger partial charge is 0.396 e. The lowest BCUT2D eigenvalue weighted by atomic mass is 10.2. The smallest absolute Gasteiger partial charge is 0.258 e. The molecule has 0 atom stereocenters. The molecule has 0 aliphatic carbocycles. The van der Waals surface area contributed by atoms with Crippen LogP contribution in [0.5, 0.6) is 0 Å². The van der Waals surface area contributed by atoms with Crippen LogP contribution in [0.3, 0.4) is 0 Å². The third-order valence-electron chi connectivity index (χ3n) is 2.87. The van der Waals surface area contributed by atoms with E-state index in [1.165, 1.54) is 0 Å². The van der Waals surface area contributed by atoms with Gasteiger partial charge < -0.3 is 10.3 Å². The molecule has 3 aromatic rings. The van der Waals surface area contributed by atoms with Crippen molar-refractivity contribution in [3.05, 3.63) is 51.5 Å². The number of halogens is 3. The molecule has 21 heavy (non-hydrogen) atoms. The number of rotatable bonds is 2. The van der Waals surface area contributed by atoms with E-state index in [-0.39, 0.29) is 5.89 Å². The monoisotopic (exact) mass is 339 g/mol. The number of anilines is 1. The van der Waals surface area contributed by atoms with E-state index in [1.807, 2.05) is 12.1 Å². The summed E-state index contributed by atoms with van der Waals surface area (Å²) in [6, 6.07) is 10.5. The van der Waals surface area contributed by atoms with Crippen molar-refractivity contribution >= 4 is 40.5 Å². The van der Waals surface area contributed by atoms with Gasteiger partial charge in [-0.1, -0.05) is 52.1 Å². The summed E-state index contributed by atoms with van der Waals surface area (Å²) >= 11 is 18.1. The molecule has 1 heterocycles. The Balaban J connectivity index is 2.05. The summed E-state index contributed by atoms with van der Waals surface area (Å²) in [7, 11) is 0. The molecule has 0 bridgehead atoms. The quantitative estimate of drug-likeness (QED) is 0.671. The highest BCUT2D eigenvalue weighted by atomic mass is 35.5. The maximum absolute atomic E-state index is 6.10. The molecule has 0 radical (unpaired) electrons. The standard InChI is InChI=1S/C14H8Cl3N3O/c15-9-4-2-1-3-8(9)13-19-14(21-20-13)7-5-10(16)12(18)11(17)6-7/h1-6H,18H2. The van der Waals surface area contributed by atoms with E-state index in [0.29, 0.717) is 37.7 Å². The van der Waals surface area contributed by atoms with Gasteiger partial charge in [-0.3, -0.25) is 0 Å². The summed E-state index contributed by atoms with van der Waals surface area (Å²) in [5.41, 5.74) is 7.28. The Labute approximate surface area is 135 Å². The zero-order valence-electron chi connectivity index (χ0n) is 10.5. The topological polar surface area (TPSA) is 64.9 Å². The van der Waals surface area contributed by atoms with Crippen molar-refractivity contribution in [2.75, 3.05) is 5.73 Å². The van der Waals surface area contributed by atoms with Gasteiger partial charge in [0.1, 0.15) is 0 Å². The van der Waals surface area contributed by atoms with Crippen LogP contribution >= 0.6 is 34.8 Å². The van der Waals surface area contributed by atoms with Crippen molar-refractivity contribution in [2.45, 2.75) is 0 Å². The predicted octanol–water partition coefficient (Wildman–Crippen LogP) is 4.95. The van der Waals surface area contributed by atoms with Crippen molar-refractivity contribution in [2.24, 2.45) is 0 Å². The third kappa shape index (κ3) is 2.70. The highest BCUT2D eigenvalue weighted by Gasteiger charge is 2.15. The van der Waals surface area contributed by atoms with E-state index in [9.17, 15) is 0 Å². The second kappa shape index (κ2) is 5.56. The summed E-state index contributed by atoms with van der Waals surface area (Å²) < 4.78 is 5.23. The highest BCUT2D eigenvalue weighted by molar-refractivity contribution is 6.39. The Morgan fingerprint density at radius 1 is 0.952 bits per heavy atom. The fourth-order valence-corrected chi connectivity index (χ4v) is 2.51. The van der Waals surface area contributed by atoms with Gasteiger partial charge >= 0.3 is 0 Å². The molecule has 4 nitrogen and oxygen atoms in total. The lowest BCUT2D eigenvalue weighted by molar-refractivity contribution is 0.432. The fraction of sp³-hybridized carbons (Fsp3) is 0. The Bertz CT molecular complexity index is 794. The molecule has 0 unspecified atom stereocenters. The van der Waals surface area contributed by atoms with Gasteiger partial charge in [-0.15, -0.1) is 0 Å². The summed E-state index contributed by atoms with van der Waals surface area (Å²) in [6.07, 6.45) is 0. The average molecular weight is 341 g/mol. The number of nitrogens with two attached hydrogens (primary N) is 1. The molecule has 0 fully saturated rings. The first-order valence-electron chi connectivity index (χ1n) is 5.90. The van der Waals surface area contributed by atoms with Crippen LogP contribution in [0.15, 0.2) is 40.9 Å². The molecular weight excluding hydrogens is 333 g/mol. The summed E-state index contributed by atoms with van der Waals surface area (Å²) in [5, 5.41) is 5.11. The van der Waals surface area contributed by atoms with Crippen molar-refractivity contribution < 1.29 is 4.52 Å². The second-order valence-electron chi connectivity index (χ2n) is 4.26. The normalized spacial score (nSPS) is 10.8. The number of hydrogen-bond acceptors (Lipinski definition) is 4. The number of aromatic nitrogens is 2. The number of nitrogens with zero attached hydrogens (tertiary/aromatic N) is 2. The third-order valence-corrected chi connectivity index (χ3v) is 3.82. The minimum absolute atomic E-state index is 0.286. The van der Waals surface area contributed by atoms with Crippen LogP contribution < -0.4 is 5.73 Å². The molecule has 3 rings (SSSR count). The Morgan fingerprint density at radius 3 is 2.29 bits per heavy atom. The maximum Gasteiger partial charge on any atom is 0.258 e. The van der Waals surface area contributed by atoms with Crippen LogP contribution in [0.4, 0.5) is 5.69 Å². The molecule has 2 aromatic carbocycles. The predicted molar refractivity (Wildman–Crippen MR) is 84.6 cm³/mol. The van der Waals surface area contributed by atoms with E-state index in [4.69, 9.17) is 45.1 Å². The molecule has 0 aliphatic rings. The number of benzene rings is 2. The molecule has 0 amide bonds. The first kappa shape index (κ1) is 14.2. The zero-order valence-corrected chi connectivity index (χ0v) is 12.7. The van der Waals surface area contributed by atoms with Crippen LogP contribution in [0.25, 0.3) is 22.8 Å². The van der Waals surface area contributed by atoms with Gasteiger partial charge in [0.05, 0.1) is 20.8 Å². The minimum atomic E-state index is 0.286. The van der Waals surface area contributed by atoms with E-state index in [0.717, 1.165) is 0 Å². The maximum atomic E-state index is 6.10. The summed E-state index contributed by atoms with van der Waals surface area (Å²) in [4.78, 5) is 4.30.